The Balaban J connectivity index is 2.24. The molecule has 2 rings (SSSR count). The second-order valence-electron chi connectivity index (χ2n) is 3.87. The predicted molar refractivity (Wildman–Crippen MR) is 67.7 cm³/mol. The zero-order valence-corrected chi connectivity index (χ0v) is 10.8. The fraction of sp³-hybridized carbons (Fsp3) is 0.231. The Kier molecular flexibility index (Phi) is 3.79. The van der Waals surface area contributed by atoms with Gasteiger partial charge in [0.1, 0.15) is 11.6 Å². The smallest absolute Gasteiger partial charge is 0.130 e. The number of halogens is 3. The van der Waals surface area contributed by atoms with Crippen molar-refractivity contribution in [3.8, 4) is 0 Å². The van der Waals surface area contributed by atoms with Crippen molar-refractivity contribution < 1.29 is 8.78 Å². The molecule has 0 saturated heterocycles. The predicted octanol–water partition coefficient (Wildman–Crippen LogP) is 4.86. The van der Waals surface area contributed by atoms with Crippen LogP contribution in [0.1, 0.15) is 21.4 Å². The molecule has 4 heteroatoms. The van der Waals surface area contributed by atoms with E-state index in [9.17, 15) is 8.78 Å². The minimum absolute atomic E-state index is 0.360. The third kappa shape index (κ3) is 2.85. The quantitative estimate of drug-likeness (QED) is 0.700. The molecule has 1 aromatic carbocycles. The first-order chi connectivity index (χ1) is 8.08. The normalized spacial score (nSPS) is 12.7. The summed E-state index contributed by atoms with van der Waals surface area (Å²) in [5.41, 5.74) is 0.775. The van der Waals surface area contributed by atoms with Crippen LogP contribution in [-0.2, 0) is 6.42 Å². The fourth-order valence-electron chi connectivity index (χ4n) is 1.63. The number of benzene rings is 1. The van der Waals surface area contributed by atoms with E-state index in [1.165, 1.54) is 6.07 Å². The van der Waals surface area contributed by atoms with Gasteiger partial charge in [-0.15, -0.1) is 22.9 Å². The topological polar surface area (TPSA) is 0 Å². The first kappa shape index (κ1) is 12.5. The molecule has 2 aromatic rings. The van der Waals surface area contributed by atoms with E-state index in [2.05, 4.69) is 0 Å². The Bertz CT molecular complexity index is 508. The maximum Gasteiger partial charge on any atom is 0.130 e. The van der Waals surface area contributed by atoms with E-state index < -0.39 is 17.0 Å². The van der Waals surface area contributed by atoms with E-state index in [0.717, 1.165) is 10.9 Å². The van der Waals surface area contributed by atoms with E-state index in [1.54, 1.807) is 18.3 Å². The highest BCUT2D eigenvalue weighted by atomic mass is 35.5. The van der Waals surface area contributed by atoms with Crippen molar-refractivity contribution >= 4 is 22.9 Å². The summed E-state index contributed by atoms with van der Waals surface area (Å²) < 4.78 is 26.7. The van der Waals surface area contributed by atoms with Gasteiger partial charge in [0, 0.05) is 22.9 Å². The van der Waals surface area contributed by atoms with Crippen LogP contribution in [0.3, 0.4) is 0 Å². The van der Waals surface area contributed by atoms with Gasteiger partial charge in [0.25, 0.3) is 0 Å². The van der Waals surface area contributed by atoms with Crippen molar-refractivity contribution in [2.75, 3.05) is 0 Å². The van der Waals surface area contributed by atoms with Gasteiger partial charge < -0.3 is 0 Å². The van der Waals surface area contributed by atoms with Gasteiger partial charge in [-0.25, -0.2) is 8.78 Å². The molecule has 1 atom stereocenters. The molecule has 0 nitrogen and oxygen atoms in total. The summed E-state index contributed by atoms with van der Waals surface area (Å²) in [6, 6.07) is 6.26. The average molecular weight is 273 g/mol. The van der Waals surface area contributed by atoms with Crippen molar-refractivity contribution in [1.29, 1.82) is 0 Å². The van der Waals surface area contributed by atoms with E-state index in [-0.39, 0.29) is 0 Å². The van der Waals surface area contributed by atoms with E-state index in [0.29, 0.717) is 17.5 Å². The molecular formula is C13H11ClF2S. The fourth-order valence-corrected chi connectivity index (χ4v) is 2.81. The minimum atomic E-state index is -0.579. The van der Waals surface area contributed by atoms with Gasteiger partial charge in [-0.05, 0) is 30.0 Å². The molecule has 1 heterocycles. The highest BCUT2D eigenvalue weighted by Crippen LogP contribution is 2.30. The summed E-state index contributed by atoms with van der Waals surface area (Å²) in [5.74, 6) is -1.11. The second kappa shape index (κ2) is 5.15. The molecule has 0 aliphatic carbocycles. The minimum Gasteiger partial charge on any atom is -0.207 e. The van der Waals surface area contributed by atoms with Crippen LogP contribution >= 0.6 is 22.9 Å². The molecule has 0 saturated carbocycles. The zero-order chi connectivity index (χ0) is 12.4. The molecule has 0 fully saturated rings. The van der Waals surface area contributed by atoms with E-state index in [4.69, 9.17) is 11.6 Å². The van der Waals surface area contributed by atoms with Crippen molar-refractivity contribution in [2.45, 2.75) is 18.7 Å². The van der Waals surface area contributed by atoms with Crippen LogP contribution in [0.2, 0.25) is 0 Å². The van der Waals surface area contributed by atoms with Crippen molar-refractivity contribution in [2.24, 2.45) is 0 Å². The SMILES string of the molecule is Cc1cc(C(Cl)Cc2cccs2)c(F)cc1F. The Morgan fingerprint density at radius 2 is 2.06 bits per heavy atom. The molecule has 1 aromatic heterocycles. The standard InChI is InChI=1S/C13H11ClF2S/c1-8-5-10(13(16)7-12(8)15)11(14)6-9-3-2-4-17-9/h2-5,7,11H,6H2,1H3. The number of hydrogen-bond acceptors (Lipinski definition) is 1. The number of rotatable bonds is 3. The maximum atomic E-state index is 13.6. The Morgan fingerprint density at radius 1 is 1.29 bits per heavy atom. The van der Waals surface area contributed by atoms with Crippen LogP contribution in [0.4, 0.5) is 8.78 Å². The van der Waals surface area contributed by atoms with Crippen LogP contribution < -0.4 is 0 Å². The number of aryl methyl sites for hydroxylation is 1. The molecule has 0 aliphatic heterocycles. The van der Waals surface area contributed by atoms with Gasteiger partial charge in [-0.2, -0.15) is 0 Å². The molecule has 0 aliphatic rings. The highest BCUT2D eigenvalue weighted by molar-refractivity contribution is 7.09. The van der Waals surface area contributed by atoms with Gasteiger partial charge in [0.2, 0.25) is 0 Å². The lowest BCUT2D eigenvalue weighted by atomic mass is 10.0. The van der Waals surface area contributed by atoms with E-state index >= 15 is 0 Å². The van der Waals surface area contributed by atoms with Crippen LogP contribution in [0.25, 0.3) is 0 Å². The molecule has 0 N–H and O–H groups in total. The van der Waals surface area contributed by atoms with Gasteiger partial charge >= 0.3 is 0 Å². The molecular weight excluding hydrogens is 262 g/mol. The average Bonchev–Trinajstić information content (AvgIpc) is 2.76. The molecule has 0 amide bonds. The van der Waals surface area contributed by atoms with Crippen LogP contribution in [0.15, 0.2) is 29.6 Å². The van der Waals surface area contributed by atoms with Crippen molar-refractivity contribution in [1.82, 2.24) is 0 Å². The summed E-state index contributed by atoms with van der Waals surface area (Å²) in [6.45, 7) is 1.60. The zero-order valence-electron chi connectivity index (χ0n) is 9.21. The first-order valence-electron chi connectivity index (χ1n) is 5.20. The summed E-state index contributed by atoms with van der Waals surface area (Å²) in [7, 11) is 0. The maximum absolute atomic E-state index is 13.6. The lowest BCUT2D eigenvalue weighted by molar-refractivity contribution is 0.564. The first-order valence-corrected chi connectivity index (χ1v) is 6.51. The number of thiophene rings is 1. The van der Waals surface area contributed by atoms with Gasteiger partial charge in [-0.3, -0.25) is 0 Å². The van der Waals surface area contributed by atoms with E-state index in [1.807, 2.05) is 17.5 Å². The summed E-state index contributed by atoms with van der Waals surface area (Å²) in [6.07, 6.45) is 0.557. The molecule has 17 heavy (non-hydrogen) atoms. The monoisotopic (exact) mass is 272 g/mol. The molecule has 0 bridgehead atoms. The molecule has 0 radical (unpaired) electrons. The summed E-state index contributed by atoms with van der Waals surface area (Å²) >= 11 is 7.75. The Labute approximate surface area is 108 Å². The summed E-state index contributed by atoms with van der Waals surface area (Å²) in [5, 5.41) is 1.48. The number of alkyl halides is 1. The van der Waals surface area contributed by atoms with Crippen molar-refractivity contribution in [3.05, 3.63) is 57.3 Å². The Hall–Kier alpha value is -0.930. The second-order valence-corrected chi connectivity index (χ2v) is 5.43. The lowest BCUT2D eigenvalue weighted by Gasteiger charge is -2.11. The third-order valence-corrected chi connectivity index (χ3v) is 3.86. The lowest BCUT2D eigenvalue weighted by Crippen LogP contribution is -2.00. The molecule has 1 unspecified atom stereocenters. The third-order valence-electron chi connectivity index (χ3n) is 2.58. The molecule has 90 valence electrons. The summed E-state index contributed by atoms with van der Waals surface area (Å²) in [4.78, 5) is 1.09. The van der Waals surface area contributed by atoms with Crippen molar-refractivity contribution in [3.63, 3.8) is 0 Å². The largest absolute Gasteiger partial charge is 0.207 e. The number of hydrogen-bond donors (Lipinski definition) is 0. The van der Waals surface area contributed by atoms with Gasteiger partial charge in [-0.1, -0.05) is 6.07 Å². The Morgan fingerprint density at radius 3 is 2.71 bits per heavy atom. The van der Waals surface area contributed by atoms with Crippen LogP contribution in [0, 0.1) is 18.6 Å². The highest BCUT2D eigenvalue weighted by Gasteiger charge is 2.16. The molecule has 0 spiro atoms. The van der Waals surface area contributed by atoms with Crippen LogP contribution in [-0.4, -0.2) is 0 Å². The van der Waals surface area contributed by atoms with Gasteiger partial charge in [0.15, 0.2) is 0 Å². The van der Waals surface area contributed by atoms with Gasteiger partial charge in [0.05, 0.1) is 5.38 Å². The van der Waals surface area contributed by atoms with Crippen LogP contribution in [0.5, 0.6) is 0 Å².